The zero-order valence-electron chi connectivity index (χ0n) is 10.8. The van der Waals surface area contributed by atoms with Gasteiger partial charge in [-0.3, -0.25) is 0 Å². The van der Waals surface area contributed by atoms with Crippen molar-refractivity contribution >= 4 is 11.6 Å². The van der Waals surface area contributed by atoms with Crippen LogP contribution in [0.3, 0.4) is 0 Å². The summed E-state index contributed by atoms with van der Waals surface area (Å²) in [5.41, 5.74) is 5.84. The summed E-state index contributed by atoms with van der Waals surface area (Å²) >= 11 is 0. The fraction of sp³-hybridized carbons (Fsp3) is 0.692. The number of nitrogens with zero attached hydrogens (tertiary/aromatic N) is 3. The summed E-state index contributed by atoms with van der Waals surface area (Å²) in [4.78, 5) is 11.2. The number of nitrogens with two attached hydrogens (primary N) is 1. The van der Waals surface area contributed by atoms with Crippen LogP contribution in [0.15, 0.2) is 6.07 Å². The molecule has 4 nitrogen and oxygen atoms in total. The first kappa shape index (κ1) is 12.1. The van der Waals surface area contributed by atoms with E-state index in [1.54, 1.807) is 0 Å². The third-order valence-electron chi connectivity index (χ3n) is 3.13. The Hall–Kier alpha value is -1.32. The number of hydrogen-bond acceptors (Lipinski definition) is 4. The summed E-state index contributed by atoms with van der Waals surface area (Å²) in [6, 6.07) is 2.59. The lowest BCUT2D eigenvalue weighted by molar-refractivity contribution is 0.700. The van der Waals surface area contributed by atoms with E-state index in [1.165, 1.54) is 25.7 Å². The van der Waals surface area contributed by atoms with Crippen LogP contribution in [0.25, 0.3) is 0 Å². The van der Waals surface area contributed by atoms with Gasteiger partial charge in [-0.25, -0.2) is 9.97 Å². The monoisotopic (exact) mass is 234 g/mol. The van der Waals surface area contributed by atoms with E-state index in [-0.39, 0.29) is 0 Å². The van der Waals surface area contributed by atoms with E-state index >= 15 is 0 Å². The molecule has 0 unspecified atom stereocenters. The van der Waals surface area contributed by atoms with Gasteiger partial charge in [0.05, 0.1) is 0 Å². The SMILES string of the molecule is CCCCN(c1cc(N)nc(CC)n1)C1CC1. The van der Waals surface area contributed by atoms with E-state index in [0.29, 0.717) is 11.9 Å². The van der Waals surface area contributed by atoms with E-state index < -0.39 is 0 Å². The van der Waals surface area contributed by atoms with Crippen molar-refractivity contribution in [2.45, 2.75) is 52.0 Å². The molecule has 0 saturated heterocycles. The third-order valence-corrected chi connectivity index (χ3v) is 3.13. The van der Waals surface area contributed by atoms with E-state index in [2.05, 4.69) is 28.7 Å². The molecule has 0 spiro atoms. The van der Waals surface area contributed by atoms with Gasteiger partial charge >= 0.3 is 0 Å². The Labute approximate surface area is 103 Å². The van der Waals surface area contributed by atoms with Gasteiger partial charge in [-0.1, -0.05) is 20.3 Å². The highest BCUT2D eigenvalue weighted by Crippen LogP contribution is 2.31. The fourth-order valence-electron chi connectivity index (χ4n) is 2.01. The zero-order valence-corrected chi connectivity index (χ0v) is 10.8. The number of hydrogen-bond donors (Lipinski definition) is 1. The summed E-state index contributed by atoms with van der Waals surface area (Å²) in [5, 5.41) is 0. The lowest BCUT2D eigenvalue weighted by Gasteiger charge is -2.23. The molecule has 1 aliphatic carbocycles. The predicted molar refractivity (Wildman–Crippen MR) is 71.1 cm³/mol. The molecule has 2 N–H and O–H groups in total. The second-order valence-electron chi connectivity index (χ2n) is 4.70. The summed E-state index contributed by atoms with van der Waals surface area (Å²) in [6.07, 6.45) is 5.83. The standard InChI is InChI=1S/C13H22N4/c1-3-5-8-17(10-6-7-10)13-9-11(14)15-12(4-2)16-13/h9-10H,3-8H2,1-2H3,(H2,14,15,16). The van der Waals surface area contributed by atoms with E-state index in [1.807, 2.05) is 6.07 Å². The average molecular weight is 234 g/mol. The maximum atomic E-state index is 5.84. The van der Waals surface area contributed by atoms with Gasteiger partial charge in [0.1, 0.15) is 17.5 Å². The number of nitrogen functional groups attached to an aromatic ring is 1. The van der Waals surface area contributed by atoms with Crippen LogP contribution < -0.4 is 10.6 Å². The van der Waals surface area contributed by atoms with Crippen LogP contribution in [0.1, 0.15) is 45.4 Å². The lowest BCUT2D eigenvalue weighted by atomic mass is 10.3. The fourth-order valence-corrected chi connectivity index (χ4v) is 2.01. The minimum absolute atomic E-state index is 0.592. The van der Waals surface area contributed by atoms with Gasteiger partial charge in [-0.15, -0.1) is 0 Å². The molecule has 94 valence electrons. The smallest absolute Gasteiger partial charge is 0.134 e. The lowest BCUT2D eigenvalue weighted by Crippen LogP contribution is -2.28. The second-order valence-corrected chi connectivity index (χ2v) is 4.70. The molecule has 0 radical (unpaired) electrons. The first-order chi connectivity index (χ1) is 8.24. The number of aromatic nitrogens is 2. The third kappa shape index (κ3) is 3.08. The van der Waals surface area contributed by atoms with Crippen molar-refractivity contribution in [3.05, 3.63) is 11.9 Å². The quantitative estimate of drug-likeness (QED) is 0.821. The van der Waals surface area contributed by atoms with Crippen molar-refractivity contribution in [2.24, 2.45) is 0 Å². The highest BCUT2D eigenvalue weighted by molar-refractivity contribution is 5.48. The zero-order chi connectivity index (χ0) is 12.3. The molecule has 1 aromatic heterocycles. The first-order valence-corrected chi connectivity index (χ1v) is 6.64. The number of rotatable bonds is 6. The summed E-state index contributed by atoms with van der Waals surface area (Å²) < 4.78 is 0. The Morgan fingerprint density at radius 3 is 2.71 bits per heavy atom. The minimum atomic E-state index is 0.592. The normalized spacial score (nSPS) is 14.9. The molecule has 0 bridgehead atoms. The maximum Gasteiger partial charge on any atom is 0.134 e. The van der Waals surface area contributed by atoms with E-state index in [9.17, 15) is 0 Å². The van der Waals surface area contributed by atoms with Gasteiger partial charge in [0.2, 0.25) is 0 Å². The highest BCUT2D eigenvalue weighted by atomic mass is 15.2. The van der Waals surface area contributed by atoms with Crippen LogP contribution in [0, 0.1) is 0 Å². The van der Waals surface area contributed by atoms with Crippen molar-refractivity contribution in [1.82, 2.24) is 9.97 Å². The van der Waals surface area contributed by atoms with Crippen LogP contribution >= 0.6 is 0 Å². The number of anilines is 2. The Kier molecular flexibility index (Phi) is 3.82. The molecule has 1 fully saturated rings. The van der Waals surface area contributed by atoms with Gasteiger partial charge in [0, 0.05) is 25.1 Å². The van der Waals surface area contributed by atoms with Crippen LogP contribution in [0.2, 0.25) is 0 Å². The Bertz CT molecular complexity index is 374. The summed E-state index contributed by atoms with van der Waals surface area (Å²) in [5.74, 6) is 2.46. The number of unbranched alkanes of at least 4 members (excludes halogenated alkanes) is 1. The van der Waals surface area contributed by atoms with Crippen LogP contribution in [0.5, 0.6) is 0 Å². The largest absolute Gasteiger partial charge is 0.384 e. The van der Waals surface area contributed by atoms with Gasteiger partial charge < -0.3 is 10.6 Å². The van der Waals surface area contributed by atoms with Crippen molar-refractivity contribution in [3.8, 4) is 0 Å². The molecule has 1 heterocycles. The molecule has 0 atom stereocenters. The minimum Gasteiger partial charge on any atom is -0.384 e. The summed E-state index contributed by atoms with van der Waals surface area (Å²) in [6.45, 7) is 5.36. The highest BCUT2D eigenvalue weighted by Gasteiger charge is 2.29. The second kappa shape index (κ2) is 5.34. The average Bonchev–Trinajstić information content (AvgIpc) is 3.13. The van der Waals surface area contributed by atoms with Gasteiger partial charge in [0.25, 0.3) is 0 Å². The molecule has 17 heavy (non-hydrogen) atoms. The molecule has 1 saturated carbocycles. The molecule has 2 rings (SSSR count). The molecular formula is C13H22N4. The maximum absolute atomic E-state index is 5.84. The van der Waals surface area contributed by atoms with Crippen LogP contribution in [-0.2, 0) is 6.42 Å². The van der Waals surface area contributed by atoms with Crippen molar-refractivity contribution < 1.29 is 0 Å². The van der Waals surface area contributed by atoms with Crippen molar-refractivity contribution in [3.63, 3.8) is 0 Å². The molecule has 0 aliphatic heterocycles. The van der Waals surface area contributed by atoms with Gasteiger partial charge in [-0.05, 0) is 19.3 Å². The van der Waals surface area contributed by atoms with E-state index in [0.717, 1.165) is 24.6 Å². The van der Waals surface area contributed by atoms with Gasteiger partial charge in [0.15, 0.2) is 0 Å². The summed E-state index contributed by atoms with van der Waals surface area (Å²) in [7, 11) is 0. The van der Waals surface area contributed by atoms with Crippen molar-refractivity contribution in [1.29, 1.82) is 0 Å². The number of aryl methyl sites for hydroxylation is 1. The van der Waals surface area contributed by atoms with Gasteiger partial charge in [-0.2, -0.15) is 0 Å². The van der Waals surface area contributed by atoms with Crippen LogP contribution in [0.4, 0.5) is 11.6 Å². The Morgan fingerprint density at radius 2 is 2.12 bits per heavy atom. The molecule has 1 aromatic rings. The predicted octanol–water partition coefficient (Wildman–Crippen LogP) is 2.39. The van der Waals surface area contributed by atoms with Crippen LogP contribution in [-0.4, -0.2) is 22.6 Å². The Morgan fingerprint density at radius 1 is 1.35 bits per heavy atom. The Balaban J connectivity index is 2.18. The molecule has 0 aromatic carbocycles. The molecule has 1 aliphatic rings. The first-order valence-electron chi connectivity index (χ1n) is 6.64. The molecule has 4 heteroatoms. The molecule has 0 amide bonds. The molecular weight excluding hydrogens is 212 g/mol. The van der Waals surface area contributed by atoms with E-state index in [4.69, 9.17) is 5.73 Å². The van der Waals surface area contributed by atoms with Crippen molar-refractivity contribution in [2.75, 3.05) is 17.2 Å². The topological polar surface area (TPSA) is 55.0 Å².